The first-order chi connectivity index (χ1) is 9.15. The van der Waals surface area contributed by atoms with Gasteiger partial charge in [-0.3, -0.25) is 4.79 Å². The van der Waals surface area contributed by atoms with E-state index in [0.717, 1.165) is 26.7 Å². The standard InChI is InChI=1S/C16H15NOS/c1-17(2)10-11-7-8-15-13(9-11)16(18)12-5-3-4-6-14(12)19-15/h3-9H,10H2,1-2H3/p+1. The van der Waals surface area contributed by atoms with Gasteiger partial charge in [0.2, 0.25) is 0 Å². The lowest BCUT2D eigenvalue weighted by atomic mass is 10.1. The van der Waals surface area contributed by atoms with E-state index in [2.05, 4.69) is 26.2 Å². The van der Waals surface area contributed by atoms with Crippen molar-refractivity contribution in [1.29, 1.82) is 0 Å². The maximum Gasteiger partial charge on any atom is 0.195 e. The van der Waals surface area contributed by atoms with E-state index in [1.807, 2.05) is 30.3 Å². The monoisotopic (exact) mass is 270 g/mol. The van der Waals surface area contributed by atoms with Gasteiger partial charge in [0.25, 0.3) is 0 Å². The zero-order valence-corrected chi connectivity index (χ0v) is 11.9. The van der Waals surface area contributed by atoms with E-state index in [1.54, 1.807) is 11.3 Å². The van der Waals surface area contributed by atoms with Crippen LogP contribution in [0.3, 0.4) is 0 Å². The lowest BCUT2D eigenvalue weighted by Crippen LogP contribution is -3.04. The number of nitrogens with one attached hydrogen (secondary N) is 1. The lowest BCUT2D eigenvalue weighted by Gasteiger charge is -2.08. The van der Waals surface area contributed by atoms with Crippen LogP contribution < -0.4 is 10.3 Å². The summed E-state index contributed by atoms with van der Waals surface area (Å²) in [5.74, 6) is 0. The number of quaternary nitrogens is 1. The molecule has 3 heteroatoms. The second kappa shape index (κ2) is 4.76. The maximum absolute atomic E-state index is 12.5. The van der Waals surface area contributed by atoms with Crippen molar-refractivity contribution in [2.24, 2.45) is 0 Å². The predicted octanol–water partition coefficient (Wildman–Crippen LogP) is 2.06. The number of benzene rings is 2. The van der Waals surface area contributed by atoms with Crippen LogP contribution in [-0.4, -0.2) is 14.1 Å². The fourth-order valence-electron chi connectivity index (χ4n) is 2.37. The fourth-order valence-corrected chi connectivity index (χ4v) is 3.42. The Labute approximate surface area is 115 Å². The summed E-state index contributed by atoms with van der Waals surface area (Å²) >= 11 is 1.69. The van der Waals surface area contributed by atoms with Crippen molar-refractivity contribution in [3.05, 3.63) is 58.3 Å². The molecule has 0 fully saturated rings. The summed E-state index contributed by atoms with van der Waals surface area (Å²) in [5.41, 5.74) is 1.37. The average molecular weight is 270 g/mol. The second-order valence-corrected chi connectivity index (χ2v) is 6.23. The summed E-state index contributed by atoms with van der Waals surface area (Å²) in [5, 5.41) is 1.68. The molecule has 0 radical (unpaired) electrons. The van der Waals surface area contributed by atoms with Gasteiger partial charge >= 0.3 is 0 Å². The van der Waals surface area contributed by atoms with E-state index in [1.165, 1.54) is 10.5 Å². The quantitative estimate of drug-likeness (QED) is 0.707. The number of rotatable bonds is 2. The van der Waals surface area contributed by atoms with Crippen LogP contribution in [0.1, 0.15) is 5.56 Å². The minimum atomic E-state index is 0.153. The third kappa shape index (κ3) is 2.27. The third-order valence-electron chi connectivity index (χ3n) is 3.20. The Morgan fingerprint density at radius 1 is 1.00 bits per heavy atom. The van der Waals surface area contributed by atoms with Crippen LogP contribution in [0.5, 0.6) is 0 Å². The molecule has 0 saturated carbocycles. The average Bonchev–Trinajstić information content (AvgIpc) is 2.39. The third-order valence-corrected chi connectivity index (χ3v) is 4.35. The molecular formula is C16H16NOS+. The molecule has 3 aromatic rings. The summed E-state index contributed by atoms with van der Waals surface area (Å²) in [6.45, 7) is 0.937. The van der Waals surface area contributed by atoms with E-state index in [4.69, 9.17) is 0 Å². The second-order valence-electron chi connectivity index (χ2n) is 5.14. The van der Waals surface area contributed by atoms with Crippen molar-refractivity contribution < 1.29 is 4.90 Å². The van der Waals surface area contributed by atoms with E-state index in [-0.39, 0.29) is 5.43 Å². The van der Waals surface area contributed by atoms with Gasteiger partial charge in [0.05, 0.1) is 14.1 Å². The van der Waals surface area contributed by atoms with Crippen LogP contribution in [0.2, 0.25) is 0 Å². The van der Waals surface area contributed by atoms with E-state index in [0.29, 0.717) is 0 Å². The largest absolute Gasteiger partial charge is 0.336 e. The van der Waals surface area contributed by atoms with Crippen molar-refractivity contribution >= 4 is 31.5 Å². The molecule has 0 amide bonds. The first kappa shape index (κ1) is 12.3. The Hall–Kier alpha value is -1.71. The van der Waals surface area contributed by atoms with Gasteiger partial charge in [-0.25, -0.2) is 0 Å². The van der Waals surface area contributed by atoms with Gasteiger partial charge in [-0.1, -0.05) is 18.2 Å². The molecule has 96 valence electrons. The topological polar surface area (TPSA) is 21.5 Å². The highest BCUT2D eigenvalue weighted by Gasteiger charge is 2.07. The molecule has 0 aliphatic heterocycles. The Morgan fingerprint density at radius 2 is 1.74 bits per heavy atom. The lowest BCUT2D eigenvalue weighted by molar-refractivity contribution is -0.872. The van der Waals surface area contributed by atoms with Crippen molar-refractivity contribution in [2.75, 3.05) is 14.1 Å². The van der Waals surface area contributed by atoms with Gasteiger partial charge in [-0.05, 0) is 24.3 Å². The van der Waals surface area contributed by atoms with Gasteiger partial charge in [-0.15, -0.1) is 11.3 Å². The molecule has 0 aliphatic rings. The smallest absolute Gasteiger partial charge is 0.195 e. The molecule has 0 spiro atoms. The van der Waals surface area contributed by atoms with Gasteiger partial charge in [0, 0.05) is 25.7 Å². The normalized spacial score (nSPS) is 11.5. The Kier molecular flexibility index (Phi) is 3.09. The molecule has 19 heavy (non-hydrogen) atoms. The highest BCUT2D eigenvalue weighted by atomic mass is 32.1. The fraction of sp³-hybridized carbons (Fsp3) is 0.188. The van der Waals surface area contributed by atoms with Crippen LogP contribution in [0.15, 0.2) is 47.3 Å². The molecule has 0 bridgehead atoms. The summed E-state index contributed by atoms with van der Waals surface area (Å²) in [6.07, 6.45) is 0. The van der Waals surface area contributed by atoms with Crippen molar-refractivity contribution in [1.82, 2.24) is 0 Å². The maximum atomic E-state index is 12.5. The first-order valence-corrected chi connectivity index (χ1v) is 7.20. The SMILES string of the molecule is C[NH+](C)Cc1ccc2sc3ccccc3c(=O)c2c1. The zero-order chi connectivity index (χ0) is 13.4. The summed E-state index contributed by atoms with van der Waals surface area (Å²) in [6, 6.07) is 14.1. The van der Waals surface area contributed by atoms with E-state index in [9.17, 15) is 4.79 Å². The van der Waals surface area contributed by atoms with Crippen molar-refractivity contribution in [3.8, 4) is 0 Å². The Morgan fingerprint density at radius 3 is 2.53 bits per heavy atom. The predicted molar refractivity (Wildman–Crippen MR) is 82.1 cm³/mol. The first-order valence-electron chi connectivity index (χ1n) is 6.38. The molecule has 1 heterocycles. The van der Waals surface area contributed by atoms with Gasteiger partial charge in [0.1, 0.15) is 6.54 Å². The van der Waals surface area contributed by atoms with Crippen molar-refractivity contribution in [2.45, 2.75) is 6.54 Å². The molecule has 2 aromatic carbocycles. The minimum absolute atomic E-state index is 0.153. The van der Waals surface area contributed by atoms with E-state index < -0.39 is 0 Å². The molecule has 0 unspecified atom stereocenters. The Bertz CT molecular complexity index is 805. The summed E-state index contributed by atoms with van der Waals surface area (Å²) in [7, 11) is 4.23. The van der Waals surface area contributed by atoms with Crippen LogP contribution in [-0.2, 0) is 6.54 Å². The van der Waals surface area contributed by atoms with Crippen LogP contribution >= 0.6 is 11.3 Å². The molecule has 3 rings (SSSR count). The van der Waals surface area contributed by atoms with Crippen molar-refractivity contribution in [3.63, 3.8) is 0 Å². The summed E-state index contributed by atoms with van der Waals surface area (Å²) < 4.78 is 2.13. The molecule has 1 aromatic heterocycles. The number of fused-ring (bicyclic) bond motifs is 2. The van der Waals surface area contributed by atoms with Gasteiger partial charge in [-0.2, -0.15) is 0 Å². The van der Waals surface area contributed by atoms with Crippen LogP contribution in [0, 0.1) is 0 Å². The molecule has 1 N–H and O–H groups in total. The molecular weight excluding hydrogens is 254 g/mol. The summed E-state index contributed by atoms with van der Waals surface area (Å²) in [4.78, 5) is 13.9. The van der Waals surface area contributed by atoms with Gasteiger partial charge in [0.15, 0.2) is 5.43 Å². The van der Waals surface area contributed by atoms with Crippen LogP contribution in [0.25, 0.3) is 20.2 Å². The molecule has 0 atom stereocenters. The number of hydrogen-bond donors (Lipinski definition) is 1. The van der Waals surface area contributed by atoms with E-state index >= 15 is 0 Å². The van der Waals surface area contributed by atoms with Gasteiger partial charge < -0.3 is 4.90 Å². The molecule has 0 aliphatic carbocycles. The Balaban J connectivity index is 2.30. The van der Waals surface area contributed by atoms with Crippen LogP contribution in [0.4, 0.5) is 0 Å². The number of hydrogen-bond acceptors (Lipinski definition) is 2. The molecule has 2 nitrogen and oxygen atoms in total. The highest BCUT2D eigenvalue weighted by molar-refractivity contribution is 7.24. The zero-order valence-electron chi connectivity index (χ0n) is 11.1. The molecule has 0 saturated heterocycles. The minimum Gasteiger partial charge on any atom is -0.336 e. The highest BCUT2D eigenvalue weighted by Crippen LogP contribution is 2.24.